The Morgan fingerprint density at radius 1 is 1.00 bits per heavy atom. The molecule has 3 aromatic rings. The van der Waals surface area contributed by atoms with Crippen LogP contribution in [0.1, 0.15) is 5.56 Å². The van der Waals surface area contributed by atoms with Gasteiger partial charge in [-0.05, 0) is 36.9 Å². The number of hydrogen-bond acceptors (Lipinski definition) is 4. The highest BCUT2D eigenvalue weighted by molar-refractivity contribution is 5.95. The number of rotatable bonds is 5. The third-order valence-corrected chi connectivity index (χ3v) is 5.04. The van der Waals surface area contributed by atoms with E-state index in [0.29, 0.717) is 6.42 Å². The average Bonchev–Trinajstić information content (AvgIpc) is 3.18. The van der Waals surface area contributed by atoms with E-state index >= 15 is 0 Å². The quantitative estimate of drug-likeness (QED) is 0.745. The van der Waals surface area contributed by atoms with Crippen LogP contribution in [-0.2, 0) is 11.2 Å². The first-order valence-corrected chi connectivity index (χ1v) is 9.60. The third-order valence-electron chi connectivity index (χ3n) is 5.04. The van der Waals surface area contributed by atoms with Crippen LogP contribution in [0.25, 0.3) is 5.69 Å². The molecule has 1 N–H and O–H groups in total. The lowest BCUT2D eigenvalue weighted by Crippen LogP contribution is -2.44. The number of nitrogens with zero attached hydrogens (tertiary/aromatic N) is 4. The van der Waals surface area contributed by atoms with Crippen LogP contribution in [0.2, 0.25) is 0 Å². The second-order valence-electron chi connectivity index (χ2n) is 7.16. The van der Waals surface area contributed by atoms with Gasteiger partial charge in [0.1, 0.15) is 0 Å². The summed E-state index contributed by atoms with van der Waals surface area (Å²) in [5.41, 5.74) is 3.82. The Hall–Kier alpha value is -3.12. The van der Waals surface area contributed by atoms with Gasteiger partial charge < -0.3 is 15.1 Å². The molecule has 144 valence electrons. The molecule has 1 saturated heterocycles. The van der Waals surface area contributed by atoms with Crippen LogP contribution in [0.5, 0.6) is 0 Å². The van der Waals surface area contributed by atoms with Crippen molar-refractivity contribution < 1.29 is 4.79 Å². The number of carbonyl (C=O) groups excluding carboxylic acids is 1. The summed E-state index contributed by atoms with van der Waals surface area (Å²) in [4.78, 5) is 17.3. The Labute approximate surface area is 165 Å². The predicted molar refractivity (Wildman–Crippen MR) is 112 cm³/mol. The number of carbonyl (C=O) groups is 1. The number of hydrogen-bond donors (Lipinski definition) is 1. The lowest BCUT2D eigenvalue weighted by atomic mass is 10.2. The third kappa shape index (κ3) is 4.23. The molecule has 1 aliphatic heterocycles. The number of piperazine rings is 1. The van der Waals surface area contributed by atoms with E-state index in [0.717, 1.165) is 48.8 Å². The topological polar surface area (TPSA) is 53.4 Å². The van der Waals surface area contributed by atoms with Gasteiger partial charge in [-0.3, -0.25) is 4.79 Å². The summed E-state index contributed by atoms with van der Waals surface area (Å²) in [5.74, 6) is -0.0332. The number of nitrogens with one attached hydrogen (secondary N) is 1. The van der Waals surface area contributed by atoms with Crippen molar-refractivity contribution in [1.82, 2.24) is 14.7 Å². The summed E-state index contributed by atoms with van der Waals surface area (Å²) in [5, 5.41) is 7.45. The molecule has 6 nitrogen and oxygen atoms in total. The Morgan fingerprint density at radius 2 is 1.71 bits per heavy atom. The van der Waals surface area contributed by atoms with Gasteiger partial charge in [0.15, 0.2) is 0 Å². The zero-order valence-electron chi connectivity index (χ0n) is 16.1. The largest absolute Gasteiger partial charge is 0.367 e. The Kier molecular flexibility index (Phi) is 5.39. The van der Waals surface area contributed by atoms with Gasteiger partial charge >= 0.3 is 0 Å². The maximum absolute atomic E-state index is 12.6. The first kappa shape index (κ1) is 18.3. The summed E-state index contributed by atoms with van der Waals surface area (Å²) in [7, 11) is 2.14. The molecule has 0 radical (unpaired) electrons. The standard InChI is InChI=1S/C22H25N5O/c1-25-11-13-26(14-12-25)21-10-6-5-9-20(21)24-22(28)15-18-16-23-27(17-18)19-7-3-2-4-8-19/h2-10,16-17H,11-15H2,1H3,(H,24,28). The fourth-order valence-corrected chi connectivity index (χ4v) is 3.46. The van der Waals surface area contributed by atoms with Gasteiger partial charge in [0.2, 0.25) is 5.91 Å². The monoisotopic (exact) mass is 375 g/mol. The van der Waals surface area contributed by atoms with E-state index in [9.17, 15) is 4.79 Å². The molecule has 1 amide bonds. The van der Waals surface area contributed by atoms with Crippen molar-refractivity contribution in [2.24, 2.45) is 0 Å². The lowest BCUT2D eigenvalue weighted by Gasteiger charge is -2.35. The van der Waals surface area contributed by atoms with E-state index in [1.165, 1.54) is 0 Å². The smallest absolute Gasteiger partial charge is 0.228 e. The van der Waals surface area contributed by atoms with Gasteiger partial charge in [0, 0.05) is 32.4 Å². The highest BCUT2D eigenvalue weighted by Gasteiger charge is 2.18. The van der Waals surface area contributed by atoms with Crippen molar-refractivity contribution in [2.45, 2.75) is 6.42 Å². The number of likely N-dealkylation sites (N-methyl/N-ethyl adjacent to an activating group) is 1. The van der Waals surface area contributed by atoms with Gasteiger partial charge in [-0.2, -0.15) is 5.10 Å². The minimum atomic E-state index is -0.0332. The van der Waals surface area contributed by atoms with Gasteiger partial charge in [-0.1, -0.05) is 30.3 Å². The Balaban J connectivity index is 1.43. The average molecular weight is 375 g/mol. The maximum Gasteiger partial charge on any atom is 0.228 e. The molecular weight excluding hydrogens is 350 g/mol. The van der Waals surface area contributed by atoms with Crippen LogP contribution in [0.4, 0.5) is 11.4 Å². The molecule has 0 bridgehead atoms. The fraction of sp³-hybridized carbons (Fsp3) is 0.273. The Bertz CT molecular complexity index is 929. The number of anilines is 2. The minimum Gasteiger partial charge on any atom is -0.367 e. The molecule has 4 rings (SSSR count). The number of benzene rings is 2. The van der Waals surface area contributed by atoms with E-state index in [1.54, 1.807) is 10.9 Å². The first-order valence-electron chi connectivity index (χ1n) is 9.60. The minimum absolute atomic E-state index is 0.0332. The molecule has 6 heteroatoms. The highest BCUT2D eigenvalue weighted by atomic mass is 16.1. The van der Waals surface area contributed by atoms with Gasteiger partial charge in [-0.15, -0.1) is 0 Å². The molecule has 1 fully saturated rings. The van der Waals surface area contributed by atoms with E-state index in [1.807, 2.05) is 54.7 Å². The zero-order chi connectivity index (χ0) is 19.3. The van der Waals surface area contributed by atoms with Crippen molar-refractivity contribution in [1.29, 1.82) is 0 Å². The molecular formula is C22H25N5O. The van der Waals surface area contributed by atoms with Gasteiger partial charge in [0.05, 0.1) is 29.7 Å². The predicted octanol–water partition coefficient (Wildman–Crippen LogP) is 2.81. The van der Waals surface area contributed by atoms with E-state index in [2.05, 4.69) is 33.3 Å². The second-order valence-corrected chi connectivity index (χ2v) is 7.16. The number of aromatic nitrogens is 2. The Morgan fingerprint density at radius 3 is 2.50 bits per heavy atom. The summed E-state index contributed by atoms with van der Waals surface area (Å²) < 4.78 is 1.79. The van der Waals surface area contributed by atoms with Crippen molar-refractivity contribution >= 4 is 17.3 Å². The summed E-state index contributed by atoms with van der Waals surface area (Å²) >= 11 is 0. The van der Waals surface area contributed by atoms with Crippen molar-refractivity contribution in [3.63, 3.8) is 0 Å². The molecule has 0 unspecified atom stereocenters. The molecule has 2 aromatic carbocycles. The summed E-state index contributed by atoms with van der Waals surface area (Å²) in [6.07, 6.45) is 3.95. The summed E-state index contributed by atoms with van der Waals surface area (Å²) in [6, 6.07) is 17.9. The normalized spacial score (nSPS) is 14.8. The lowest BCUT2D eigenvalue weighted by molar-refractivity contribution is -0.115. The van der Waals surface area contributed by atoms with Crippen LogP contribution in [0.15, 0.2) is 67.0 Å². The maximum atomic E-state index is 12.6. The van der Waals surface area contributed by atoms with E-state index < -0.39 is 0 Å². The van der Waals surface area contributed by atoms with Crippen LogP contribution >= 0.6 is 0 Å². The molecule has 1 aromatic heterocycles. The van der Waals surface area contributed by atoms with E-state index in [-0.39, 0.29) is 5.91 Å². The molecule has 28 heavy (non-hydrogen) atoms. The molecule has 0 aliphatic carbocycles. The molecule has 0 spiro atoms. The van der Waals surface area contributed by atoms with Crippen molar-refractivity contribution in [3.05, 3.63) is 72.6 Å². The van der Waals surface area contributed by atoms with Crippen LogP contribution in [0.3, 0.4) is 0 Å². The summed E-state index contributed by atoms with van der Waals surface area (Å²) in [6.45, 7) is 3.99. The number of amides is 1. The zero-order valence-corrected chi connectivity index (χ0v) is 16.1. The molecule has 1 aliphatic rings. The number of para-hydroxylation sites is 3. The van der Waals surface area contributed by atoms with Crippen LogP contribution < -0.4 is 10.2 Å². The molecule has 0 saturated carbocycles. The first-order chi connectivity index (χ1) is 13.7. The van der Waals surface area contributed by atoms with Crippen molar-refractivity contribution in [2.75, 3.05) is 43.4 Å². The fourth-order valence-electron chi connectivity index (χ4n) is 3.46. The molecule has 2 heterocycles. The SMILES string of the molecule is CN1CCN(c2ccccc2NC(=O)Cc2cnn(-c3ccccc3)c2)CC1. The highest BCUT2D eigenvalue weighted by Crippen LogP contribution is 2.26. The van der Waals surface area contributed by atoms with Crippen LogP contribution in [0, 0.1) is 0 Å². The van der Waals surface area contributed by atoms with Gasteiger partial charge in [0.25, 0.3) is 0 Å². The second kappa shape index (κ2) is 8.27. The van der Waals surface area contributed by atoms with Crippen molar-refractivity contribution in [3.8, 4) is 5.69 Å². The van der Waals surface area contributed by atoms with Gasteiger partial charge in [-0.25, -0.2) is 4.68 Å². The molecule has 0 atom stereocenters. The van der Waals surface area contributed by atoms with Crippen LogP contribution in [-0.4, -0.2) is 53.8 Å². The van der Waals surface area contributed by atoms with E-state index in [4.69, 9.17) is 0 Å².